The van der Waals surface area contributed by atoms with Crippen LogP contribution in [0.25, 0.3) is 0 Å². The number of ether oxygens (including phenoxy) is 2. The monoisotopic (exact) mass is 214 g/mol. The molecule has 1 heterocycles. The smallest absolute Gasteiger partial charge is 0.407 e. The van der Waals surface area contributed by atoms with Crippen LogP contribution in [-0.4, -0.2) is 37.5 Å². The molecule has 1 saturated carbocycles. The molecule has 4 atom stereocenters. The lowest BCUT2D eigenvalue weighted by Crippen LogP contribution is -2.72. The summed E-state index contributed by atoms with van der Waals surface area (Å²) in [6, 6.07) is -0.0611. The molecule has 86 valence electrons. The molecule has 0 aromatic carbocycles. The second-order valence-electron chi connectivity index (χ2n) is 4.11. The summed E-state index contributed by atoms with van der Waals surface area (Å²) in [5.74, 6) is 0.408. The zero-order valence-electron chi connectivity index (χ0n) is 8.94. The third kappa shape index (κ3) is 1.94. The van der Waals surface area contributed by atoms with Crippen molar-refractivity contribution in [3.8, 4) is 0 Å². The summed E-state index contributed by atoms with van der Waals surface area (Å²) in [6.45, 7) is 2.93. The second kappa shape index (κ2) is 4.37. The highest BCUT2D eigenvalue weighted by molar-refractivity contribution is 5.68. The van der Waals surface area contributed by atoms with Crippen molar-refractivity contribution in [3.63, 3.8) is 0 Å². The highest BCUT2D eigenvalue weighted by Gasteiger charge is 2.51. The highest BCUT2D eigenvalue weighted by atomic mass is 16.5. The van der Waals surface area contributed by atoms with Gasteiger partial charge in [-0.1, -0.05) is 0 Å². The largest absolute Gasteiger partial charge is 0.450 e. The van der Waals surface area contributed by atoms with Crippen LogP contribution < -0.4 is 11.1 Å². The van der Waals surface area contributed by atoms with Gasteiger partial charge < -0.3 is 20.5 Å². The normalized spacial score (nSPS) is 38.8. The van der Waals surface area contributed by atoms with E-state index in [-0.39, 0.29) is 18.2 Å². The lowest BCUT2D eigenvalue weighted by Gasteiger charge is -2.52. The maximum Gasteiger partial charge on any atom is 0.407 e. The topological polar surface area (TPSA) is 73.6 Å². The molecule has 2 fully saturated rings. The quantitative estimate of drug-likeness (QED) is 0.690. The van der Waals surface area contributed by atoms with Gasteiger partial charge in [-0.25, -0.2) is 4.79 Å². The molecule has 0 aromatic rings. The average molecular weight is 214 g/mol. The van der Waals surface area contributed by atoms with Gasteiger partial charge in [-0.2, -0.15) is 0 Å². The van der Waals surface area contributed by atoms with Crippen molar-refractivity contribution < 1.29 is 14.3 Å². The zero-order valence-corrected chi connectivity index (χ0v) is 8.94. The second-order valence-corrected chi connectivity index (χ2v) is 4.11. The van der Waals surface area contributed by atoms with Gasteiger partial charge >= 0.3 is 6.09 Å². The third-order valence-corrected chi connectivity index (χ3v) is 3.24. The van der Waals surface area contributed by atoms with Crippen LogP contribution in [0.2, 0.25) is 0 Å². The van der Waals surface area contributed by atoms with Crippen LogP contribution >= 0.6 is 0 Å². The number of nitrogens with one attached hydrogen (secondary N) is 1. The lowest BCUT2D eigenvalue weighted by atomic mass is 9.69. The fourth-order valence-corrected chi connectivity index (χ4v) is 2.43. The Hall–Kier alpha value is -0.810. The van der Waals surface area contributed by atoms with E-state index in [1.54, 1.807) is 6.92 Å². The minimum Gasteiger partial charge on any atom is -0.450 e. The van der Waals surface area contributed by atoms with Crippen LogP contribution in [0.15, 0.2) is 0 Å². The summed E-state index contributed by atoms with van der Waals surface area (Å²) in [5, 5.41) is 2.76. The molecule has 1 aliphatic carbocycles. The van der Waals surface area contributed by atoms with Gasteiger partial charge in [0.2, 0.25) is 0 Å². The van der Waals surface area contributed by atoms with Gasteiger partial charge in [-0.15, -0.1) is 0 Å². The van der Waals surface area contributed by atoms with Crippen molar-refractivity contribution in [3.05, 3.63) is 0 Å². The van der Waals surface area contributed by atoms with Gasteiger partial charge in [0.05, 0.1) is 18.8 Å². The molecule has 5 heteroatoms. The third-order valence-electron chi connectivity index (χ3n) is 3.24. The van der Waals surface area contributed by atoms with Crippen LogP contribution in [0.3, 0.4) is 0 Å². The molecule has 0 bridgehead atoms. The molecule has 2 aliphatic rings. The fourth-order valence-electron chi connectivity index (χ4n) is 2.43. The highest BCUT2D eigenvalue weighted by Crippen LogP contribution is 2.36. The fraction of sp³-hybridized carbons (Fsp3) is 0.900. The predicted molar refractivity (Wildman–Crippen MR) is 54.4 cm³/mol. The number of hydrogen-bond acceptors (Lipinski definition) is 4. The number of rotatable bonds is 2. The van der Waals surface area contributed by atoms with E-state index >= 15 is 0 Å². The molecule has 1 amide bonds. The van der Waals surface area contributed by atoms with E-state index in [0.717, 1.165) is 19.4 Å². The summed E-state index contributed by atoms with van der Waals surface area (Å²) in [5.41, 5.74) is 5.97. The number of fused-ring (bicyclic) bond motifs is 1. The molecule has 1 aliphatic heterocycles. The van der Waals surface area contributed by atoms with Gasteiger partial charge in [0.1, 0.15) is 0 Å². The number of alkyl carbamates (subject to hydrolysis) is 1. The minimum absolute atomic E-state index is 0.0136. The van der Waals surface area contributed by atoms with Gasteiger partial charge in [0.25, 0.3) is 0 Å². The Morgan fingerprint density at radius 1 is 1.67 bits per heavy atom. The summed E-state index contributed by atoms with van der Waals surface area (Å²) in [4.78, 5) is 11.2. The van der Waals surface area contributed by atoms with Gasteiger partial charge in [-0.3, -0.25) is 0 Å². The molecule has 5 nitrogen and oxygen atoms in total. The van der Waals surface area contributed by atoms with Gasteiger partial charge in [0, 0.05) is 18.6 Å². The van der Waals surface area contributed by atoms with Crippen molar-refractivity contribution in [2.24, 2.45) is 11.7 Å². The zero-order chi connectivity index (χ0) is 10.8. The molecule has 0 spiro atoms. The first-order chi connectivity index (χ1) is 7.24. The van der Waals surface area contributed by atoms with Crippen molar-refractivity contribution >= 4 is 6.09 Å². The van der Waals surface area contributed by atoms with Gasteiger partial charge in [-0.05, 0) is 19.8 Å². The molecular formula is C10H18N2O3. The van der Waals surface area contributed by atoms with E-state index in [1.807, 2.05) is 0 Å². The molecule has 0 radical (unpaired) electrons. The average Bonchev–Trinajstić information content (AvgIpc) is 2.26. The van der Waals surface area contributed by atoms with Crippen molar-refractivity contribution in [2.45, 2.75) is 38.0 Å². The predicted octanol–water partition coefficient (Wildman–Crippen LogP) is 0.237. The molecule has 15 heavy (non-hydrogen) atoms. The Bertz CT molecular complexity index is 247. The summed E-state index contributed by atoms with van der Waals surface area (Å²) in [6.07, 6.45) is 1.87. The van der Waals surface area contributed by atoms with Crippen LogP contribution in [0.4, 0.5) is 4.79 Å². The van der Waals surface area contributed by atoms with Crippen molar-refractivity contribution in [1.29, 1.82) is 0 Å². The van der Waals surface area contributed by atoms with Crippen LogP contribution in [0.1, 0.15) is 19.8 Å². The van der Waals surface area contributed by atoms with Crippen LogP contribution in [0, 0.1) is 5.92 Å². The van der Waals surface area contributed by atoms with E-state index in [4.69, 9.17) is 15.2 Å². The maximum atomic E-state index is 11.2. The Morgan fingerprint density at radius 3 is 3.20 bits per heavy atom. The van der Waals surface area contributed by atoms with Crippen molar-refractivity contribution in [1.82, 2.24) is 5.32 Å². The SMILES string of the molecule is CCOC(=O)NC1C(N)C2CCCOC21. The van der Waals surface area contributed by atoms with E-state index < -0.39 is 6.09 Å². The molecule has 4 unspecified atom stereocenters. The Balaban J connectivity index is 1.85. The number of hydrogen-bond donors (Lipinski definition) is 2. The summed E-state index contributed by atoms with van der Waals surface area (Å²) < 4.78 is 10.4. The van der Waals surface area contributed by atoms with Crippen LogP contribution in [-0.2, 0) is 9.47 Å². The Labute approximate surface area is 89.3 Å². The molecule has 1 saturated heterocycles. The van der Waals surface area contributed by atoms with E-state index in [1.165, 1.54) is 0 Å². The number of nitrogens with two attached hydrogens (primary N) is 1. The Morgan fingerprint density at radius 2 is 2.47 bits per heavy atom. The summed E-state index contributed by atoms with van der Waals surface area (Å²) in [7, 11) is 0. The maximum absolute atomic E-state index is 11.2. The molecule has 2 rings (SSSR count). The van der Waals surface area contributed by atoms with Crippen molar-refractivity contribution in [2.75, 3.05) is 13.2 Å². The molecule has 0 aromatic heterocycles. The first kappa shape index (κ1) is 10.7. The Kier molecular flexibility index (Phi) is 3.11. The number of carbonyl (C=O) groups is 1. The lowest BCUT2D eigenvalue weighted by molar-refractivity contribution is -0.118. The summed E-state index contributed by atoms with van der Waals surface area (Å²) >= 11 is 0. The number of amides is 1. The van der Waals surface area contributed by atoms with E-state index in [0.29, 0.717) is 12.5 Å². The number of carbonyl (C=O) groups excluding carboxylic acids is 1. The molecular weight excluding hydrogens is 196 g/mol. The molecule has 3 N–H and O–H groups in total. The van der Waals surface area contributed by atoms with E-state index in [9.17, 15) is 4.79 Å². The van der Waals surface area contributed by atoms with Crippen LogP contribution in [0.5, 0.6) is 0 Å². The standard InChI is InChI=1S/C10H18N2O3/c1-2-14-10(13)12-8-7(11)6-4-3-5-15-9(6)8/h6-9H,2-5,11H2,1H3,(H,12,13). The first-order valence-electron chi connectivity index (χ1n) is 5.54. The van der Waals surface area contributed by atoms with E-state index in [2.05, 4.69) is 5.32 Å². The first-order valence-corrected chi connectivity index (χ1v) is 5.54. The minimum atomic E-state index is -0.398. The van der Waals surface area contributed by atoms with Gasteiger partial charge in [0.15, 0.2) is 0 Å².